The van der Waals surface area contributed by atoms with E-state index in [9.17, 15) is 18.5 Å². The zero-order valence-corrected chi connectivity index (χ0v) is 20.1. The van der Waals surface area contributed by atoms with Gasteiger partial charge in [-0.05, 0) is 67.1 Å². The second kappa shape index (κ2) is 10.3. The molecule has 0 saturated carbocycles. The fourth-order valence-corrected chi connectivity index (χ4v) is 3.97. The molecule has 0 aliphatic carbocycles. The molecule has 0 aliphatic rings. The number of hydrogen-bond donors (Lipinski definition) is 1. The number of nitrogens with zero attached hydrogens (tertiary/aromatic N) is 1. The number of halogens is 1. The van der Waals surface area contributed by atoms with Gasteiger partial charge in [0.2, 0.25) is 0 Å². The summed E-state index contributed by atoms with van der Waals surface area (Å²) in [4.78, 5) is 12.5. The summed E-state index contributed by atoms with van der Waals surface area (Å²) in [7, 11) is -2.71. The Balaban J connectivity index is 1.83. The highest BCUT2D eigenvalue weighted by Gasteiger charge is 2.19. The summed E-state index contributed by atoms with van der Waals surface area (Å²) in [5, 5.41) is 12.1. The number of nitrogens with one attached hydrogen (secondary N) is 1. The van der Waals surface area contributed by atoms with Gasteiger partial charge in [-0.2, -0.15) is 13.7 Å². The number of benzene rings is 3. The van der Waals surface area contributed by atoms with E-state index in [4.69, 9.17) is 8.92 Å². The molecule has 0 atom stereocenters. The molecule has 0 saturated heterocycles. The summed E-state index contributed by atoms with van der Waals surface area (Å²) >= 11 is 3.32. The van der Waals surface area contributed by atoms with Crippen LogP contribution in [0.3, 0.4) is 0 Å². The molecule has 0 aromatic heterocycles. The van der Waals surface area contributed by atoms with Gasteiger partial charge in [0.15, 0.2) is 11.5 Å². The third kappa shape index (κ3) is 6.22. The average Bonchev–Trinajstić information content (AvgIpc) is 2.79. The molecule has 168 valence electrons. The number of rotatable bonds is 7. The Morgan fingerprint density at radius 1 is 1.03 bits per heavy atom. The van der Waals surface area contributed by atoms with E-state index in [0.717, 1.165) is 10.0 Å². The fraction of sp³-hybridized carbons (Fsp3) is 0.0833. The van der Waals surface area contributed by atoms with Gasteiger partial charge in [-0.25, -0.2) is 0 Å². The minimum Gasteiger partial charge on any atom is -0.493 e. The first-order valence-electron chi connectivity index (χ1n) is 9.60. The number of ether oxygens (including phenoxy) is 1. The first kappa shape index (κ1) is 24.0. The van der Waals surface area contributed by atoms with Gasteiger partial charge in [-0.1, -0.05) is 39.7 Å². The number of anilines is 1. The van der Waals surface area contributed by atoms with Crippen molar-refractivity contribution >= 4 is 43.7 Å². The maximum Gasteiger partial charge on any atom is 0.339 e. The van der Waals surface area contributed by atoms with Gasteiger partial charge >= 0.3 is 10.1 Å². The molecule has 0 aliphatic heterocycles. The Morgan fingerprint density at radius 2 is 1.70 bits per heavy atom. The van der Waals surface area contributed by atoms with Crippen LogP contribution in [0.15, 0.2) is 81.7 Å². The van der Waals surface area contributed by atoms with Crippen LogP contribution in [0, 0.1) is 18.3 Å². The molecule has 0 fully saturated rings. The lowest BCUT2D eigenvalue weighted by atomic mass is 10.1. The number of nitriles is 1. The van der Waals surface area contributed by atoms with Crippen molar-refractivity contribution in [3.05, 3.63) is 87.9 Å². The molecule has 0 spiro atoms. The maximum atomic E-state index is 12.6. The molecular formula is C24H19BrN2O5S. The molecule has 9 heteroatoms. The number of aryl methyl sites for hydroxylation is 1. The predicted octanol–water partition coefficient (Wildman–Crippen LogP) is 5.08. The van der Waals surface area contributed by atoms with Crippen LogP contribution in [0.5, 0.6) is 11.5 Å². The summed E-state index contributed by atoms with van der Waals surface area (Å²) in [6.45, 7) is 1.85. The van der Waals surface area contributed by atoms with Crippen LogP contribution < -0.4 is 14.2 Å². The smallest absolute Gasteiger partial charge is 0.339 e. The first-order chi connectivity index (χ1) is 15.7. The third-order valence-corrected chi connectivity index (χ3v) is 6.25. The molecule has 0 heterocycles. The second-order valence-electron chi connectivity index (χ2n) is 6.89. The second-order valence-corrected chi connectivity index (χ2v) is 9.35. The van der Waals surface area contributed by atoms with Crippen LogP contribution in [0.4, 0.5) is 5.69 Å². The topological polar surface area (TPSA) is 105 Å². The Bertz CT molecular complexity index is 1340. The van der Waals surface area contributed by atoms with Crippen molar-refractivity contribution < 1.29 is 22.1 Å². The van der Waals surface area contributed by atoms with Crippen molar-refractivity contribution in [3.63, 3.8) is 0 Å². The van der Waals surface area contributed by atoms with Gasteiger partial charge in [-0.15, -0.1) is 0 Å². The molecule has 33 heavy (non-hydrogen) atoms. The Hall–Kier alpha value is -3.61. The van der Waals surface area contributed by atoms with Gasteiger partial charge in [0.1, 0.15) is 16.5 Å². The van der Waals surface area contributed by atoms with Crippen LogP contribution >= 0.6 is 15.9 Å². The normalized spacial score (nSPS) is 11.4. The van der Waals surface area contributed by atoms with Crippen molar-refractivity contribution in [2.45, 2.75) is 11.8 Å². The van der Waals surface area contributed by atoms with E-state index in [1.807, 2.05) is 13.0 Å². The number of carbonyl (C=O) groups is 1. The van der Waals surface area contributed by atoms with Crippen molar-refractivity contribution in [3.8, 4) is 17.6 Å². The van der Waals surface area contributed by atoms with E-state index in [2.05, 4.69) is 21.2 Å². The van der Waals surface area contributed by atoms with Crippen LogP contribution in [-0.4, -0.2) is 21.4 Å². The summed E-state index contributed by atoms with van der Waals surface area (Å²) in [5.41, 5.74) is 1.77. The summed E-state index contributed by atoms with van der Waals surface area (Å²) < 4.78 is 36.5. The van der Waals surface area contributed by atoms with E-state index in [1.54, 1.807) is 36.4 Å². The molecule has 1 amide bonds. The largest absolute Gasteiger partial charge is 0.493 e. The van der Waals surface area contributed by atoms with Crippen molar-refractivity contribution in [2.24, 2.45) is 0 Å². The van der Waals surface area contributed by atoms with Gasteiger partial charge in [0.25, 0.3) is 5.91 Å². The van der Waals surface area contributed by atoms with E-state index < -0.39 is 16.0 Å². The van der Waals surface area contributed by atoms with E-state index in [1.165, 1.54) is 43.5 Å². The SMILES string of the molecule is COc1cc(/C=C(\C#N)C(=O)Nc2ccc(Br)cc2)ccc1OS(=O)(=O)c1ccc(C)cc1. The lowest BCUT2D eigenvalue weighted by Gasteiger charge is -2.12. The molecule has 0 unspecified atom stereocenters. The summed E-state index contributed by atoms with van der Waals surface area (Å²) in [6, 6.07) is 19.4. The van der Waals surface area contributed by atoms with Gasteiger partial charge in [0, 0.05) is 10.2 Å². The van der Waals surface area contributed by atoms with Crippen LogP contribution in [-0.2, 0) is 14.9 Å². The lowest BCUT2D eigenvalue weighted by molar-refractivity contribution is -0.112. The average molecular weight is 527 g/mol. The van der Waals surface area contributed by atoms with Gasteiger partial charge in [-0.3, -0.25) is 4.79 Å². The molecular weight excluding hydrogens is 508 g/mol. The zero-order chi connectivity index (χ0) is 24.0. The van der Waals surface area contributed by atoms with Crippen LogP contribution in [0.1, 0.15) is 11.1 Å². The lowest BCUT2D eigenvalue weighted by Crippen LogP contribution is -2.13. The first-order valence-corrected chi connectivity index (χ1v) is 11.8. The summed E-state index contributed by atoms with van der Waals surface area (Å²) in [6.07, 6.45) is 1.37. The Labute approximate surface area is 200 Å². The molecule has 3 aromatic rings. The predicted molar refractivity (Wildman–Crippen MR) is 128 cm³/mol. The third-order valence-electron chi connectivity index (χ3n) is 4.48. The van der Waals surface area contributed by atoms with E-state index in [0.29, 0.717) is 11.3 Å². The quantitative estimate of drug-likeness (QED) is 0.261. The molecule has 0 radical (unpaired) electrons. The van der Waals surface area contributed by atoms with Crippen LogP contribution in [0.2, 0.25) is 0 Å². The van der Waals surface area contributed by atoms with Gasteiger partial charge < -0.3 is 14.2 Å². The van der Waals surface area contributed by atoms with Crippen molar-refractivity contribution in [2.75, 3.05) is 12.4 Å². The van der Waals surface area contributed by atoms with Gasteiger partial charge in [0.05, 0.1) is 7.11 Å². The highest BCUT2D eigenvalue weighted by molar-refractivity contribution is 9.10. The number of carbonyl (C=O) groups excluding carboxylic acids is 1. The highest BCUT2D eigenvalue weighted by atomic mass is 79.9. The number of hydrogen-bond acceptors (Lipinski definition) is 6. The minimum absolute atomic E-state index is 0.00973. The Morgan fingerprint density at radius 3 is 2.30 bits per heavy atom. The van der Waals surface area contributed by atoms with E-state index in [-0.39, 0.29) is 22.0 Å². The molecule has 3 rings (SSSR count). The monoisotopic (exact) mass is 526 g/mol. The van der Waals surface area contributed by atoms with Crippen molar-refractivity contribution in [1.29, 1.82) is 5.26 Å². The molecule has 0 bridgehead atoms. The fourth-order valence-electron chi connectivity index (χ4n) is 2.76. The number of methoxy groups -OCH3 is 1. The van der Waals surface area contributed by atoms with E-state index >= 15 is 0 Å². The standard InChI is InChI=1S/C24H19BrN2O5S/c1-16-3-10-21(11-4-16)33(29,30)32-22-12-5-17(14-23(22)31-2)13-18(15-26)24(28)27-20-8-6-19(25)7-9-20/h3-14H,1-2H3,(H,27,28)/b18-13+. The highest BCUT2D eigenvalue weighted by Crippen LogP contribution is 2.31. The maximum absolute atomic E-state index is 12.6. The van der Waals surface area contributed by atoms with Crippen molar-refractivity contribution in [1.82, 2.24) is 0 Å². The van der Waals surface area contributed by atoms with Crippen LogP contribution in [0.25, 0.3) is 6.08 Å². The molecule has 1 N–H and O–H groups in total. The minimum atomic E-state index is -4.07. The molecule has 7 nitrogen and oxygen atoms in total. The zero-order valence-electron chi connectivity index (χ0n) is 17.7. The molecule has 3 aromatic carbocycles. The number of amides is 1. The summed E-state index contributed by atoms with van der Waals surface area (Å²) in [5.74, 6) is -0.473. The Kier molecular flexibility index (Phi) is 7.53.